The molecule has 1 aliphatic heterocycles. The second-order valence-corrected chi connectivity index (χ2v) is 9.03. The molecule has 34 heavy (non-hydrogen) atoms. The maximum atomic E-state index is 15.4. The van der Waals surface area contributed by atoms with Crippen molar-refractivity contribution in [2.45, 2.75) is 38.4 Å². The van der Waals surface area contributed by atoms with Crippen molar-refractivity contribution in [2.75, 3.05) is 0 Å². The molecular formula is C25H21BF2N2O4. The molecule has 0 unspecified atom stereocenters. The van der Waals surface area contributed by atoms with Gasteiger partial charge in [0.2, 0.25) is 0 Å². The molecule has 0 atom stereocenters. The molecule has 2 heterocycles. The highest BCUT2D eigenvalue weighted by molar-refractivity contribution is 6.61. The van der Waals surface area contributed by atoms with E-state index in [-0.39, 0.29) is 22.6 Å². The van der Waals surface area contributed by atoms with Gasteiger partial charge in [-0.05, 0) is 60.0 Å². The number of nitrogens with zero attached hydrogens (tertiary/aromatic N) is 1. The quantitative estimate of drug-likeness (QED) is 0.396. The van der Waals surface area contributed by atoms with Crippen LogP contribution in [0.5, 0.6) is 11.8 Å². The summed E-state index contributed by atoms with van der Waals surface area (Å²) < 4.78 is 41.4. The molecular weight excluding hydrogens is 441 g/mol. The van der Waals surface area contributed by atoms with E-state index in [0.717, 1.165) is 23.1 Å². The molecule has 6 nitrogen and oxygen atoms in total. The molecule has 172 valence electrons. The standard InChI is InChI=1S/C25H21BF2N2O4/c1-13-9-15-12-33-26(32)17(15)10-20(13)34-24-29-19-11-18(27)21(22(28)23(19)30-24)14-3-5-16(6-4-14)25(31)7-2-8-25/h3-6,9-11,31-32H,2,7-8,12H2,1H3,(H,29,30). The van der Waals surface area contributed by atoms with E-state index in [9.17, 15) is 14.5 Å². The zero-order valence-electron chi connectivity index (χ0n) is 18.4. The van der Waals surface area contributed by atoms with Gasteiger partial charge in [0.1, 0.15) is 17.1 Å². The molecule has 0 bridgehead atoms. The van der Waals surface area contributed by atoms with Gasteiger partial charge >= 0.3 is 7.12 Å². The Hall–Kier alpha value is -3.27. The van der Waals surface area contributed by atoms with Crippen LogP contribution in [-0.4, -0.2) is 27.2 Å². The monoisotopic (exact) mass is 462 g/mol. The van der Waals surface area contributed by atoms with Crippen molar-refractivity contribution in [1.29, 1.82) is 0 Å². The van der Waals surface area contributed by atoms with Crippen molar-refractivity contribution in [3.63, 3.8) is 0 Å². The van der Waals surface area contributed by atoms with E-state index >= 15 is 4.39 Å². The number of benzene rings is 3. The molecule has 0 spiro atoms. The summed E-state index contributed by atoms with van der Waals surface area (Å²) in [5, 5.41) is 20.5. The number of halogens is 2. The fraction of sp³-hybridized carbons (Fsp3) is 0.240. The smallest absolute Gasteiger partial charge is 0.425 e. The summed E-state index contributed by atoms with van der Waals surface area (Å²) in [6, 6.07) is 11.4. The molecule has 0 radical (unpaired) electrons. The molecule has 2 aliphatic rings. The summed E-state index contributed by atoms with van der Waals surface area (Å²) in [5.74, 6) is -1.11. The molecule has 9 heteroatoms. The van der Waals surface area contributed by atoms with E-state index in [1.165, 1.54) is 6.07 Å². The van der Waals surface area contributed by atoms with Crippen molar-refractivity contribution in [1.82, 2.24) is 9.97 Å². The molecule has 3 N–H and O–H groups in total. The molecule has 4 aromatic rings. The lowest BCUT2D eigenvalue weighted by atomic mass is 9.75. The van der Waals surface area contributed by atoms with Crippen molar-refractivity contribution in [3.05, 3.63) is 70.8 Å². The second kappa shape index (κ2) is 7.63. The lowest BCUT2D eigenvalue weighted by Crippen LogP contribution is -2.33. The molecule has 1 aromatic heterocycles. The largest absolute Gasteiger partial charge is 0.491 e. The van der Waals surface area contributed by atoms with Gasteiger partial charge in [-0.3, -0.25) is 0 Å². The average molecular weight is 462 g/mol. The maximum Gasteiger partial charge on any atom is 0.491 e. The number of H-pyrrole nitrogens is 1. The maximum absolute atomic E-state index is 15.4. The summed E-state index contributed by atoms with van der Waals surface area (Å²) in [6.45, 7) is 2.15. The van der Waals surface area contributed by atoms with Crippen molar-refractivity contribution in [2.24, 2.45) is 0 Å². The lowest BCUT2D eigenvalue weighted by Gasteiger charge is -2.37. The number of imidazole rings is 1. The average Bonchev–Trinajstić information content (AvgIpc) is 3.36. The summed E-state index contributed by atoms with van der Waals surface area (Å²) in [4.78, 5) is 7.03. The first-order valence-electron chi connectivity index (χ1n) is 11.1. The summed E-state index contributed by atoms with van der Waals surface area (Å²) in [7, 11) is -1.03. The molecule has 3 aromatic carbocycles. The Kier molecular flexibility index (Phi) is 4.77. The zero-order chi connectivity index (χ0) is 23.6. The Balaban J connectivity index is 1.35. The van der Waals surface area contributed by atoms with Crippen LogP contribution in [0, 0.1) is 18.6 Å². The van der Waals surface area contributed by atoms with E-state index < -0.39 is 24.4 Å². The van der Waals surface area contributed by atoms with Crippen LogP contribution in [0.15, 0.2) is 42.5 Å². The Morgan fingerprint density at radius 3 is 2.62 bits per heavy atom. The number of aromatic nitrogens is 2. The van der Waals surface area contributed by atoms with Crippen LogP contribution < -0.4 is 10.2 Å². The second-order valence-electron chi connectivity index (χ2n) is 9.03. The fourth-order valence-electron chi connectivity index (χ4n) is 4.71. The van der Waals surface area contributed by atoms with Crippen LogP contribution in [0.4, 0.5) is 8.78 Å². The van der Waals surface area contributed by atoms with Crippen molar-refractivity contribution < 1.29 is 28.3 Å². The van der Waals surface area contributed by atoms with Crippen LogP contribution in [0.3, 0.4) is 0 Å². The molecule has 1 saturated carbocycles. The van der Waals surface area contributed by atoms with Crippen LogP contribution in [0.1, 0.15) is 36.0 Å². The number of hydrogen-bond acceptors (Lipinski definition) is 5. The van der Waals surface area contributed by atoms with Gasteiger partial charge in [-0.25, -0.2) is 8.78 Å². The van der Waals surface area contributed by atoms with Gasteiger partial charge < -0.3 is 24.5 Å². The number of hydrogen-bond donors (Lipinski definition) is 3. The topological polar surface area (TPSA) is 87.6 Å². The number of aliphatic hydroxyl groups is 1. The van der Waals surface area contributed by atoms with E-state index in [1.807, 2.05) is 13.0 Å². The minimum absolute atomic E-state index is 0.00413. The normalized spacial score (nSPS) is 16.6. The first-order valence-corrected chi connectivity index (χ1v) is 11.1. The minimum atomic E-state index is -1.03. The van der Waals surface area contributed by atoms with E-state index in [2.05, 4.69) is 9.97 Å². The van der Waals surface area contributed by atoms with Crippen LogP contribution >= 0.6 is 0 Å². The van der Waals surface area contributed by atoms with Gasteiger partial charge in [-0.15, -0.1) is 0 Å². The van der Waals surface area contributed by atoms with Crippen LogP contribution in [0.2, 0.25) is 0 Å². The predicted molar refractivity (Wildman–Crippen MR) is 123 cm³/mol. The van der Waals surface area contributed by atoms with Crippen LogP contribution in [-0.2, 0) is 16.9 Å². The molecule has 1 fully saturated rings. The highest BCUT2D eigenvalue weighted by Gasteiger charge is 2.36. The molecule has 0 saturated heterocycles. The Morgan fingerprint density at radius 1 is 1.15 bits per heavy atom. The summed E-state index contributed by atoms with van der Waals surface area (Å²) in [5.41, 5.74) is 2.46. The highest BCUT2D eigenvalue weighted by atomic mass is 19.1. The first-order chi connectivity index (χ1) is 16.3. The number of fused-ring (bicyclic) bond motifs is 2. The fourth-order valence-corrected chi connectivity index (χ4v) is 4.71. The van der Waals surface area contributed by atoms with Gasteiger partial charge in [-0.2, -0.15) is 4.98 Å². The third kappa shape index (κ3) is 3.31. The molecule has 6 rings (SSSR count). The molecule has 0 amide bonds. The summed E-state index contributed by atoms with van der Waals surface area (Å²) in [6.07, 6.45) is 2.33. The first kappa shape index (κ1) is 21.3. The Bertz CT molecular complexity index is 1430. The van der Waals surface area contributed by atoms with Gasteiger partial charge in [0.15, 0.2) is 5.82 Å². The third-order valence-electron chi connectivity index (χ3n) is 6.85. The van der Waals surface area contributed by atoms with Gasteiger partial charge in [0.25, 0.3) is 6.01 Å². The van der Waals surface area contributed by atoms with Gasteiger partial charge in [0, 0.05) is 6.07 Å². The number of aromatic amines is 1. The van der Waals surface area contributed by atoms with Gasteiger partial charge in [-0.1, -0.05) is 30.3 Å². The number of nitrogens with one attached hydrogen (secondary N) is 1. The van der Waals surface area contributed by atoms with Crippen LogP contribution in [0.25, 0.3) is 22.2 Å². The number of ether oxygens (including phenoxy) is 1. The molecule has 1 aliphatic carbocycles. The number of aryl methyl sites for hydroxylation is 1. The SMILES string of the molecule is Cc1cc2c(cc1Oc1nc3c(F)c(-c4ccc(C5(O)CCC5)cc4)c(F)cc3[nH]1)B(O)OC2. The highest BCUT2D eigenvalue weighted by Crippen LogP contribution is 2.42. The third-order valence-corrected chi connectivity index (χ3v) is 6.85. The number of rotatable bonds is 4. The Labute approximate surface area is 194 Å². The predicted octanol–water partition coefficient (Wildman–Crippen LogP) is 4.20. The minimum Gasteiger partial charge on any atom is -0.425 e. The van der Waals surface area contributed by atoms with Gasteiger partial charge in [0.05, 0.1) is 23.3 Å². The summed E-state index contributed by atoms with van der Waals surface area (Å²) >= 11 is 0. The van der Waals surface area contributed by atoms with E-state index in [1.54, 1.807) is 30.3 Å². The Morgan fingerprint density at radius 2 is 1.91 bits per heavy atom. The van der Waals surface area contributed by atoms with E-state index in [0.29, 0.717) is 36.2 Å². The van der Waals surface area contributed by atoms with Crippen molar-refractivity contribution in [3.8, 4) is 22.9 Å². The lowest BCUT2D eigenvalue weighted by molar-refractivity contribution is -0.0387. The zero-order valence-corrected chi connectivity index (χ0v) is 18.4. The van der Waals surface area contributed by atoms with Crippen molar-refractivity contribution >= 4 is 23.6 Å². The van der Waals surface area contributed by atoms with E-state index in [4.69, 9.17) is 9.39 Å².